The van der Waals surface area contributed by atoms with Crippen LogP contribution in [0.25, 0.3) is 22.7 Å². The maximum absolute atomic E-state index is 13.4. The van der Waals surface area contributed by atoms with E-state index in [2.05, 4.69) is 52.1 Å². The lowest BCUT2D eigenvalue weighted by molar-refractivity contribution is -0.112. The van der Waals surface area contributed by atoms with E-state index in [1.807, 2.05) is 18.2 Å². The first kappa shape index (κ1) is 19.6. The van der Waals surface area contributed by atoms with Crippen LogP contribution in [0.1, 0.15) is 30.9 Å². The van der Waals surface area contributed by atoms with Crippen LogP contribution in [-0.4, -0.2) is 41.1 Å². The molecule has 3 aromatic rings. The number of nitrogens with zero attached hydrogens (tertiary/aromatic N) is 2. The van der Waals surface area contributed by atoms with Gasteiger partial charge in [0.2, 0.25) is 0 Å². The second-order valence-electron chi connectivity index (χ2n) is 7.84. The smallest absolute Gasteiger partial charge is 0.152 e. The molecule has 0 unspecified atom stereocenters. The fourth-order valence-corrected chi connectivity index (χ4v) is 4.03. The number of piperidine rings is 1. The third-order valence-electron chi connectivity index (χ3n) is 5.69. The van der Waals surface area contributed by atoms with E-state index in [0.717, 1.165) is 37.3 Å². The Labute approximate surface area is 171 Å². The molecule has 2 aromatic carbocycles. The number of hydrogen-bond donors (Lipinski definition) is 0. The third kappa shape index (κ3) is 4.65. The summed E-state index contributed by atoms with van der Waals surface area (Å²) in [7, 11) is 0. The molecule has 0 saturated carbocycles. The summed E-state index contributed by atoms with van der Waals surface area (Å²) in [5.41, 5.74) is 4.63. The normalized spacial score (nSPS) is 16.1. The molecule has 1 aliphatic heterocycles. The third-order valence-corrected chi connectivity index (χ3v) is 5.69. The Morgan fingerprint density at radius 2 is 1.83 bits per heavy atom. The zero-order valence-electron chi connectivity index (χ0n) is 16.9. The minimum atomic E-state index is -0.624. The van der Waals surface area contributed by atoms with E-state index in [0.29, 0.717) is 12.8 Å². The molecule has 0 radical (unpaired) electrons. The number of para-hydroxylation sites is 1. The number of halogens is 1. The van der Waals surface area contributed by atoms with E-state index in [1.165, 1.54) is 16.5 Å². The quantitative estimate of drug-likeness (QED) is 0.540. The molecule has 1 saturated heterocycles. The number of aromatic nitrogens is 1. The van der Waals surface area contributed by atoms with Crippen molar-refractivity contribution in [2.45, 2.75) is 32.4 Å². The second-order valence-corrected chi connectivity index (χ2v) is 7.84. The van der Waals surface area contributed by atoms with Gasteiger partial charge in [0.25, 0.3) is 0 Å². The predicted molar refractivity (Wildman–Crippen MR) is 117 cm³/mol. The van der Waals surface area contributed by atoms with E-state index in [4.69, 9.17) is 0 Å². The molecule has 1 aliphatic rings. The lowest BCUT2D eigenvalue weighted by Gasteiger charge is -2.28. The Hall–Kier alpha value is -2.72. The Bertz CT molecular complexity index is 1010. The monoisotopic (exact) mass is 390 g/mol. The van der Waals surface area contributed by atoms with Crippen LogP contribution < -0.4 is 0 Å². The number of benzene rings is 2. The van der Waals surface area contributed by atoms with Crippen LogP contribution >= 0.6 is 0 Å². The zero-order valence-corrected chi connectivity index (χ0v) is 16.9. The van der Waals surface area contributed by atoms with Crippen molar-refractivity contribution in [2.75, 3.05) is 19.6 Å². The van der Waals surface area contributed by atoms with Crippen LogP contribution in [0, 0.1) is 0 Å². The molecule has 4 rings (SSSR count). The van der Waals surface area contributed by atoms with Gasteiger partial charge < -0.3 is 9.47 Å². The van der Waals surface area contributed by atoms with E-state index in [-0.39, 0.29) is 5.78 Å². The van der Waals surface area contributed by atoms with Crippen molar-refractivity contribution in [1.82, 2.24) is 9.47 Å². The molecule has 0 N–H and O–H groups in total. The van der Waals surface area contributed by atoms with Crippen LogP contribution in [0.2, 0.25) is 0 Å². The Morgan fingerprint density at radius 3 is 2.55 bits per heavy atom. The van der Waals surface area contributed by atoms with Gasteiger partial charge in [0, 0.05) is 36.9 Å². The first-order valence-corrected chi connectivity index (χ1v) is 10.3. The standard InChI is InChI=1S/C25H27FN2O/c1-19(29)6-7-20-8-10-23(11-9-20)28-18-21(24-4-2-3-5-25(24)28)12-15-27-16-13-22(26)14-17-27/h2-11,18,22H,12-17H2,1H3/b7-6+. The summed E-state index contributed by atoms with van der Waals surface area (Å²) in [5, 5.41) is 1.27. The minimum Gasteiger partial charge on any atom is -0.316 e. The van der Waals surface area contributed by atoms with Crippen molar-refractivity contribution in [1.29, 1.82) is 0 Å². The van der Waals surface area contributed by atoms with Gasteiger partial charge in [0.05, 0.1) is 5.52 Å². The number of allylic oxidation sites excluding steroid dienone is 1. The molecular formula is C25H27FN2O. The SMILES string of the molecule is CC(=O)/C=C/c1ccc(-n2cc(CCN3CCC(F)CC3)c3ccccc32)cc1. The number of carbonyl (C=O) groups excluding carboxylic acids is 1. The fraction of sp³-hybridized carbons (Fsp3) is 0.320. The minimum absolute atomic E-state index is 0.0471. The molecule has 4 heteroatoms. The second kappa shape index (κ2) is 8.75. The molecule has 29 heavy (non-hydrogen) atoms. The molecule has 150 valence electrons. The average Bonchev–Trinajstić information content (AvgIpc) is 3.11. The van der Waals surface area contributed by atoms with Gasteiger partial charge in [-0.3, -0.25) is 4.79 Å². The zero-order chi connectivity index (χ0) is 20.2. The van der Waals surface area contributed by atoms with Gasteiger partial charge >= 0.3 is 0 Å². The maximum Gasteiger partial charge on any atom is 0.152 e. The summed E-state index contributed by atoms with van der Waals surface area (Å²) in [6.45, 7) is 4.23. The number of fused-ring (bicyclic) bond motifs is 1. The Balaban J connectivity index is 1.56. The number of alkyl halides is 1. The first-order valence-electron chi connectivity index (χ1n) is 10.3. The van der Waals surface area contributed by atoms with Gasteiger partial charge in [0.1, 0.15) is 6.17 Å². The van der Waals surface area contributed by atoms with Crippen molar-refractivity contribution in [3.8, 4) is 5.69 Å². The van der Waals surface area contributed by atoms with Crippen LogP contribution in [0.4, 0.5) is 4.39 Å². The van der Waals surface area contributed by atoms with Gasteiger partial charge in [-0.1, -0.05) is 36.4 Å². The van der Waals surface area contributed by atoms with Crippen molar-refractivity contribution in [2.24, 2.45) is 0 Å². The lowest BCUT2D eigenvalue weighted by Crippen LogP contribution is -2.35. The van der Waals surface area contributed by atoms with Gasteiger partial charge in [-0.05, 0) is 61.6 Å². The maximum atomic E-state index is 13.4. The molecule has 0 atom stereocenters. The van der Waals surface area contributed by atoms with Crippen molar-refractivity contribution in [3.05, 3.63) is 71.9 Å². The molecule has 0 amide bonds. The number of rotatable bonds is 6. The van der Waals surface area contributed by atoms with E-state index >= 15 is 0 Å². The number of likely N-dealkylation sites (tertiary alicyclic amines) is 1. The highest BCUT2D eigenvalue weighted by molar-refractivity contribution is 5.91. The highest BCUT2D eigenvalue weighted by Gasteiger charge is 2.18. The summed E-state index contributed by atoms with van der Waals surface area (Å²) in [6.07, 6.45) is 7.31. The van der Waals surface area contributed by atoms with E-state index < -0.39 is 6.17 Å². The number of carbonyl (C=O) groups is 1. The average molecular weight is 391 g/mol. The van der Waals surface area contributed by atoms with Crippen molar-refractivity contribution >= 4 is 22.8 Å². The molecule has 0 bridgehead atoms. The summed E-state index contributed by atoms with van der Waals surface area (Å²) >= 11 is 0. The highest BCUT2D eigenvalue weighted by atomic mass is 19.1. The number of ketones is 1. The van der Waals surface area contributed by atoms with Crippen molar-refractivity contribution in [3.63, 3.8) is 0 Å². The molecule has 3 nitrogen and oxygen atoms in total. The van der Waals surface area contributed by atoms with Gasteiger partial charge in [0.15, 0.2) is 5.78 Å². The van der Waals surface area contributed by atoms with Crippen LogP contribution in [-0.2, 0) is 11.2 Å². The molecular weight excluding hydrogens is 363 g/mol. The molecule has 0 aliphatic carbocycles. The van der Waals surface area contributed by atoms with Crippen LogP contribution in [0.3, 0.4) is 0 Å². The fourth-order valence-electron chi connectivity index (χ4n) is 4.03. The largest absolute Gasteiger partial charge is 0.316 e. The predicted octanol–water partition coefficient (Wildman–Crippen LogP) is 5.21. The Kier molecular flexibility index (Phi) is 5.91. The van der Waals surface area contributed by atoms with Gasteiger partial charge in [-0.25, -0.2) is 4.39 Å². The lowest BCUT2D eigenvalue weighted by atomic mass is 10.1. The molecule has 1 aromatic heterocycles. The molecule has 2 heterocycles. The molecule has 0 spiro atoms. The topological polar surface area (TPSA) is 25.2 Å². The van der Waals surface area contributed by atoms with Crippen molar-refractivity contribution < 1.29 is 9.18 Å². The molecule has 1 fully saturated rings. The van der Waals surface area contributed by atoms with Crippen LogP contribution in [0.5, 0.6) is 0 Å². The van der Waals surface area contributed by atoms with E-state index in [1.54, 1.807) is 13.0 Å². The number of hydrogen-bond acceptors (Lipinski definition) is 2. The van der Waals surface area contributed by atoms with Crippen LogP contribution in [0.15, 0.2) is 60.8 Å². The van der Waals surface area contributed by atoms with Gasteiger partial charge in [-0.2, -0.15) is 0 Å². The van der Waals surface area contributed by atoms with Gasteiger partial charge in [-0.15, -0.1) is 0 Å². The van der Waals surface area contributed by atoms with E-state index in [9.17, 15) is 9.18 Å². The Morgan fingerprint density at radius 1 is 1.10 bits per heavy atom. The highest BCUT2D eigenvalue weighted by Crippen LogP contribution is 2.26. The summed E-state index contributed by atoms with van der Waals surface area (Å²) < 4.78 is 15.6. The first-order chi connectivity index (χ1) is 14.1. The summed E-state index contributed by atoms with van der Waals surface area (Å²) in [5.74, 6) is 0.0471. The summed E-state index contributed by atoms with van der Waals surface area (Å²) in [6, 6.07) is 16.7. The summed E-state index contributed by atoms with van der Waals surface area (Å²) in [4.78, 5) is 13.5.